The molecular weight excluding hydrogens is 308 g/mol. The van der Waals surface area contributed by atoms with Gasteiger partial charge in [0, 0.05) is 30.1 Å². The summed E-state index contributed by atoms with van der Waals surface area (Å²) in [5.74, 6) is 0. The lowest BCUT2D eigenvalue weighted by Crippen LogP contribution is -2.00. The standard InChI is InChI=1S/C12H10N2O3.C6H10O/c15-12(10-2-1-7-13-8-10)9-3-5-11(6-4-9)14(16)17;1-3-5-7-6-4-2/h1-8,12,15H;3-4H,1-2,5-6H2. The molecule has 0 amide bonds. The maximum Gasteiger partial charge on any atom is 0.269 e. The monoisotopic (exact) mass is 328 g/mol. The van der Waals surface area contributed by atoms with Crippen molar-refractivity contribution in [3.8, 4) is 0 Å². The average Bonchev–Trinajstić information content (AvgIpc) is 2.63. The highest BCUT2D eigenvalue weighted by Gasteiger charge is 2.12. The highest BCUT2D eigenvalue weighted by molar-refractivity contribution is 5.36. The van der Waals surface area contributed by atoms with Crippen molar-refractivity contribution in [2.24, 2.45) is 0 Å². The van der Waals surface area contributed by atoms with Crippen molar-refractivity contribution >= 4 is 5.69 Å². The molecule has 0 saturated carbocycles. The minimum Gasteiger partial charge on any atom is -0.384 e. The number of nitrogens with zero attached hydrogens (tertiary/aromatic N) is 2. The quantitative estimate of drug-likeness (QED) is 0.364. The second-order valence-corrected chi connectivity index (χ2v) is 4.65. The summed E-state index contributed by atoms with van der Waals surface area (Å²) in [6.07, 6.45) is 5.79. The highest BCUT2D eigenvalue weighted by Crippen LogP contribution is 2.22. The summed E-state index contributed by atoms with van der Waals surface area (Å²) in [4.78, 5) is 13.9. The molecule has 0 fully saturated rings. The van der Waals surface area contributed by atoms with Crippen LogP contribution in [-0.4, -0.2) is 28.2 Å². The number of hydrogen-bond donors (Lipinski definition) is 1. The number of non-ortho nitro benzene ring substituents is 1. The van der Waals surface area contributed by atoms with Crippen molar-refractivity contribution in [1.82, 2.24) is 4.98 Å². The van der Waals surface area contributed by atoms with Crippen LogP contribution in [0.15, 0.2) is 74.1 Å². The molecule has 2 aromatic rings. The Morgan fingerprint density at radius 3 is 2.25 bits per heavy atom. The molecule has 1 unspecified atom stereocenters. The van der Waals surface area contributed by atoms with Gasteiger partial charge in [-0.25, -0.2) is 0 Å². The Morgan fingerprint density at radius 1 is 1.17 bits per heavy atom. The predicted octanol–water partition coefficient (Wildman–Crippen LogP) is 3.45. The van der Waals surface area contributed by atoms with Crippen LogP contribution in [-0.2, 0) is 4.74 Å². The summed E-state index contributed by atoms with van der Waals surface area (Å²) in [6.45, 7) is 8.18. The topological polar surface area (TPSA) is 85.5 Å². The first kappa shape index (κ1) is 19.2. The van der Waals surface area contributed by atoms with E-state index in [0.717, 1.165) is 0 Å². The van der Waals surface area contributed by atoms with E-state index >= 15 is 0 Å². The van der Waals surface area contributed by atoms with Crippen LogP contribution in [0.2, 0.25) is 0 Å². The number of aromatic nitrogens is 1. The Kier molecular flexibility index (Phi) is 8.67. The molecule has 0 radical (unpaired) electrons. The van der Waals surface area contributed by atoms with Gasteiger partial charge in [0.15, 0.2) is 0 Å². The average molecular weight is 328 g/mol. The molecule has 6 nitrogen and oxygen atoms in total. The van der Waals surface area contributed by atoms with Crippen LogP contribution in [0, 0.1) is 10.1 Å². The molecule has 0 aliphatic rings. The fourth-order valence-electron chi connectivity index (χ4n) is 1.74. The zero-order chi connectivity index (χ0) is 17.8. The molecule has 1 atom stereocenters. The fraction of sp³-hybridized carbons (Fsp3) is 0.167. The third-order valence-electron chi connectivity index (χ3n) is 2.89. The molecule has 0 bridgehead atoms. The van der Waals surface area contributed by atoms with E-state index in [1.165, 1.54) is 24.3 Å². The molecule has 126 valence electrons. The van der Waals surface area contributed by atoms with Gasteiger partial charge in [0.2, 0.25) is 0 Å². The predicted molar refractivity (Wildman–Crippen MR) is 92.6 cm³/mol. The number of pyridine rings is 1. The van der Waals surface area contributed by atoms with Gasteiger partial charge in [-0.2, -0.15) is 0 Å². The van der Waals surface area contributed by atoms with Crippen LogP contribution >= 0.6 is 0 Å². The van der Waals surface area contributed by atoms with Crippen LogP contribution < -0.4 is 0 Å². The number of aliphatic hydroxyl groups is 1. The summed E-state index contributed by atoms with van der Waals surface area (Å²) in [7, 11) is 0. The molecule has 1 aromatic heterocycles. The van der Waals surface area contributed by atoms with Gasteiger partial charge in [0.05, 0.1) is 18.1 Å². The molecule has 0 aliphatic carbocycles. The Balaban J connectivity index is 0.000000351. The third-order valence-corrected chi connectivity index (χ3v) is 2.89. The Hall–Kier alpha value is -2.83. The number of nitro groups is 1. The van der Waals surface area contributed by atoms with E-state index in [2.05, 4.69) is 18.1 Å². The third kappa shape index (κ3) is 6.51. The van der Waals surface area contributed by atoms with Gasteiger partial charge >= 0.3 is 0 Å². The number of rotatable bonds is 7. The SMILES string of the molecule is C=CCOCC=C.O=[N+]([O-])c1ccc(C(O)c2cccnc2)cc1. The van der Waals surface area contributed by atoms with E-state index in [-0.39, 0.29) is 5.69 Å². The van der Waals surface area contributed by atoms with Gasteiger partial charge in [0.25, 0.3) is 5.69 Å². The number of ether oxygens (including phenoxy) is 1. The van der Waals surface area contributed by atoms with Crippen LogP contribution in [0.25, 0.3) is 0 Å². The van der Waals surface area contributed by atoms with E-state index in [1.54, 1.807) is 36.7 Å². The molecule has 0 saturated heterocycles. The molecule has 1 heterocycles. The molecular formula is C18H20N2O4. The summed E-state index contributed by atoms with van der Waals surface area (Å²) in [6, 6.07) is 9.29. The second kappa shape index (κ2) is 10.8. The van der Waals surface area contributed by atoms with Crippen molar-refractivity contribution in [3.05, 3.63) is 95.3 Å². The van der Waals surface area contributed by atoms with Gasteiger partial charge in [-0.15, -0.1) is 13.2 Å². The molecule has 1 N–H and O–H groups in total. The molecule has 2 rings (SSSR count). The zero-order valence-electron chi connectivity index (χ0n) is 13.2. The number of nitro benzene ring substituents is 1. The maximum atomic E-state index is 10.5. The van der Waals surface area contributed by atoms with E-state index in [9.17, 15) is 15.2 Å². The van der Waals surface area contributed by atoms with Gasteiger partial charge in [-0.1, -0.05) is 18.2 Å². The van der Waals surface area contributed by atoms with Gasteiger partial charge in [-0.3, -0.25) is 15.1 Å². The van der Waals surface area contributed by atoms with Crippen molar-refractivity contribution in [2.45, 2.75) is 6.10 Å². The van der Waals surface area contributed by atoms with Gasteiger partial charge in [0.1, 0.15) is 6.10 Å². The van der Waals surface area contributed by atoms with Crippen molar-refractivity contribution in [1.29, 1.82) is 0 Å². The fourth-order valence-corrected chi connectivity index (χ4v) is 1.74. The Labute approximate surface area is 140 Å². The second-order valence-electron chi connectivity index (χ2n) is 4.65. The number of benzene rings is 1. The maximum absolute atomic E-state index is 10.5. The summed E-state index contributed by atoms with van der Waals surface area (Å²) >= 11 is 0. The van der Waals surface area contributed by atoms with E-state index in [4.69, 9.17) is 4.74 Å². The van der Waals surface area contributed by atoms with Crippen LogP contribution in [0.1, 0.15) is 17.2 Å². The lowest BCUT2D eigenvalue weighted by atomic mass is 10.0. The number of hydrogen-bond acceptors (Lipinski definition) is 5. The molecule has 24 heavy (non-hydrogen) atoms. The molecule has 0 aliphatic heterocycles. The largest absolute Gasteiger partial charge is 0.384 e. The first-order chi connectivity index (χ1) is 11.6. The van der Waals surface area contributed by atoms with Gasteiger partial charge < -0.3 is 9.84 Å². The van der Waals surface area contributed by atoms with Gasteiger partial charge in [-0.05, 0) is 23.8 Å². The van der Waals surface area contributed by atoms with E-state index in [1.807, 2.05) is 0 Å². The van der Waals surface area contributed by atoms with Crippen molar-refractivity contribution in [2.75, 3.05) is 13.2 Å². The van der Waals surface area contributed by atoms with Crippen molar-refractivity contribution < 1.29 is 14.8 Å². The first-order valence-electron chi connectivity index (χ1n) is 7.22. The molecule has 6 heteroatoms. The lowest BCUT2D eigenvalue weighted by molar-refractivity contribution is -0.384. The zero-order valence-corrected chi connectivity index (χ0v) is 13.2. The minimum absolute atomic E-state index is 0.00661. The normalized spacial score (nSPS) is 10.9. The smallest absolute Gasteiger partial charge is 0.269 e. The Morgan fingerprint density at radius 2 is 1.79 bits per heavy atom. The molecule has 0 spiro atoms. The summed E-state index contributed by atoms with van der Waals surface area (Å²) < 4.78 is 4.90. The van der Waals surface area contributed by atoms with Crippen LogP contribution in [0.4, 0.5) is 5.69 Å². The van der Waals surface area contributed by atoms with E-state index in [0.29, 0.717) is 24.3 Å². The minimum atomic E-state index is -0.815. The van der Waals surface area contributed by atoms with Crippen LogP contribution in [0.3, 0.4) is 0 Å². The lowest BCUT2D eigenvalue weighted by Gasteiger charge is -2.10. The summed E-state index contributed by atoms with van der Waals surface area (Å²) in [5, 5.41) is 20.5. The van der Waals surface area contributed by atoms with E-state index < -0.39 is 11.0 Å². The Bertz CT molecular complexity index is 634. The van der Waals surface area contributed by atoms with Crippen LogP contribution in [0.5, 0.6) is 0 Å². The highest BCUT2D eigenvalue weighted by atomic mass is 16.6. The van der Waals surface area contributed by atoms with Crippen molar-refractivity contribution in [3.63, 3.8) is 0 Å². The molecule has 1 aromatic carbocycles. The summed E-state index contributed by atoms with van der Waals surface area (Å²) in [5.41, 5.74) is 1.26. The number of aliphatic hydroxyl groups excluding tert-OH is 1. The first-order valence-corrected chi connectivity index (χ1v) is 7.22.